The molecule has 1 aliphatic carbocycles. The Bertz CT molecular complexity index is 2140. The minimum atomic E-state index is 0.627. The van der Waals surface area contributed by atoms with Gasteiger partial charge >= 0.3 is 0 Å². The lowest BCUT2D eigenvalue weighted by Gasteiger charge is -2.14. The van der Waals surface area contributed by atoms with Gasteiger partial charge in [0.15, 0.2) is 5.84 Å². The average Bonchev–Trinajstić information content (AvgIpc) is 3.35. The summed E-state index contributed by atoms with van der Waals surface area (Å²) in [7, 11) is 0. The summed E-state index contributed by atoms with van der Waals surface area (Å²) in [4.78, 5) is 20.1. The van der Waals surface area contributed by atoms with Gasteiger partial charge in [0.25, 0.3) is 0 Å². The summed E-state index contributed by atoms with van der Waals surface area (Å²) >= 11 is 0. The average molecular weight is 625 g/mol. The van der Waals surface area contributed by atoms with Gasteiger partial charge in [0, 0.05) is 40.6 Å². The molecule has 0 N–H and O–H groups in total. The third kappa shape index (κ3) is 6.65. The van der Waals surface area contributed by atoms with Gasteiger partial charge in [-0.15, -0.1) is 0 Å². The number of rotatable bonds is 7. The monoisotopic (exact) mass is 624 g/mol. The molecule has 48 heavy (non-hydrogen) atoms. The zero-order valence-electron chi connectivity index (χ0n) is 27.8. The van der Waals surface area contributed by atoms with E-state index in [9.17, 15) is 0 Å². The molecule has 5 aromatic rings. The molecule has 4 nitrogen and oxygen atoms in total. The van der Waals surface area contributed by atoms with E-state index in [1.807, 2.05) is 37.4 Å². The molecule has 0 amide bonds. The van der Waals surface area contributed by atoms with E-state index in [0.717, 1.165) is 87.1 Å². The highest BCUT2D eigenvalue weighted by Gasteiger charge is 2.19. The number of pyridine rings is 1. The molecule has 0 unspecified atom stereocenters. The highest BCUT2D eigenvalue weighted by Crippen LogP contribution is 2.39. The van der Waals surface area contributed by atoms with E-state index in [0.29, 0.717) is 11.5 Å². The molecule has 2 heterocycles. The fourth-order valence-electron chi connectivity index (χ4n) is 6.54. The molecule has 0 saturated heterocycles. The second kappa shape index (κ2) is 14.1. The SMILES string of the molecule is C=C(/N=C(\N=C(/C)c1ccccc1)c1cccc(C2=CCC(CC)=Nc3c2ccc2cccnc32)c1)c1ccc(C2=CCCCC2)cc1. The Kier molecular flexibility index (Phi) is 9.15. The Morgan fingerprint density at radius 1 is 0.771 bits per heavy atom. The van der Waals surface area contributed by atoms with E-state index in [-0.39, 0.29) is 0 Å². The van der Waals surface area contributed by atoms with E-state index >= 15 is 0 Å². The highest BCUT2D eigenvalue weighted by molar-refractivity contribution is 6.13. The van der Waals surface area contributed by atoms with Gasteiger partial charge in [0.1, 0.15) is 0 Å². The smallest absolute Gasteiger partial charge is 0.160 e. The molecule has 1 aromatic heterocycles. The van der Waals surface area contributed by atoms with Crippen LogP contribution in [0.4, 0.5) is 5.69 Å². The third-order valence-corrected chi connectivity index (χ3v) is 9.28. The number of benzene rings is 4. The fourth-order valence-corrected chi connectivity index (χ4v) is 6.54. The predicted octanol–water partition coefficient (Wildman–Crippen LogP) is 11.4. The molecule has 0 atom stereocenters. The van der Waals surface area contributed by atoms with Crippen molar-refractivity contribution in [3.8, 4) is 0 Å². The van der Waals surface area contributed by atoms with Crippen LogP contribution >= 0.6 is 0 Å². The van der Waals surface area contributed by atoms with E-state index in [1.165, 1.54) is 24.0 Å². The minimum absolute atomic E-state index is 0.627. The molecule has 2 aliphatic rings. The van der Waals surface area contributed by atoms with Crippen LogP contribution in [0.25, 0.3) is 27.7 Å². The van der Waals surface area contributed by atoms with Crippen LogP contribution in [0, 0.1) is 0 Å². The van der Waals surface area contributed by atoms with E-state index < -0.39 is 0 Å². The van der Waals surface area contributed by atoms with Gasteiger partial charge in [-0.1, -0.05) is 117 Å². The fraction of sp³-hybridized carbons (Fsp3) is 0.182. The number of fused-ring (bicyclic) bond motifs is 3. The quantitative estimate of drug-likeness (QED) is 0.131. The van der Waals surface area contributed by atoms with Crippen molar-refractivity contribution < 1.29 is 0 Å². The normalized spacial score (nSPS) is 15.2. The Labute approximate surface area is 283 Å². The van der Waals surface area contributed by atoms with Crippen molar-refractivity contribution in [2.45, 2.75) is 52.4 Å². The van der Waals surface area contributed by atoms with Crippen molar-refractivity contribution in [3.05, 3.63) is 161 Å². The largest absolute Gasteiger partial charge is 0.255 e. The van der Waals surface area contributed by atoms with Crippen LogP contribution in [0.3, 0.4) is 0 Å². The topological polar surface area (TPSA) is 50.0 Å². The maximum Gasteiger partial charge on any atom is 0.160 e. The van der Waals surface area contributed by atoms with Crippen LogP contribution < -0.4 is 0 Å². The standard InChI is InChI=1S/C44H40N4/c1-4-39-25-27-40(41-26-24-36-19-12-28-45-42(36)43(41)48-39)37-17-11-18-38(29-37)44(46-30(2)32-13-7-5-8-14-32)47-31(3)33-20-22-35(23-21-33)34-15-9-6-10-16-34/h5,7-8,11-15,17-24,26-29H,3-4,6,9-10,16,25H2,1-2H3/b46-30+,47-44-. The van der Waals surface area contributed by atoms with Crippen molar-refractivity contribution in [1.29, 1.82) is 0 Å². The molecule has 0 saturated carbocycles. The molecule has 0 fully saturated rings. The lowest BCUT2D eigenvalue weighted by molar-refractivity contribution is 0.742. The first-order valence-corrected chi connectivity index (χ1v) is 17.0. The second-order valence-electron chi connectivity index (χ2n) is 12.5. The number of hydrogen-bond donors (Lipinski definition) is 0. The number of aromatic nitrogens is 1. The van der Waals surface area contributed by atoms with Crippen LogP contribution in [0.5, 0.6) is 0 Å². The summed E-state index contributed by atoms with van der Waals surface area (Å²) in [6.07, 6.45) is 13.1. The Balaban J connectivity index is 1.30. The van der Waals surface area contributed by atoms with Gasteiger partial charge in [-0.2, -0.15) is 0 Å². The number of nitrogens with zero attached hydrogens (tertiary/aromatic N) is 4. The van der Waals surface area contributed by atoms with Gasteiger partial charge in [-0.3, -0.25) is 9.98 Å². The molecule has 4 heteroatoms. The second-order valence-corrected chi connectivity index (χ2v) is 12.5. The van der Waals surface area contributed by atoms with Crippen LogP contribution in [0.1, 0.15) is 85.8 Å². The van der Waals surface area contributed by atoms with Crippen molar-refractivity contribution in [1.82, 2.24) is 4.98 Å². The number of aliphatic imine (C=N–C) groups is 3. The third-order valence-electron chi connectivity index (χ3n) is 9.28. The molecule has 4 aromatic carbocycles. The Hall–Kier alpha value is -5.48. The van der Waals surface area contributed by atoms with Crippen molar-refractivity contribution in [2.75, 3.05) is 0 Å². The summed E-state index contributed by atoms with van der Waals surface area (Å²) in [5.74, 6) is 0.627. The zero-order valence-corrected chi connectivity index (χ0v) is 27.8. The summed E-state index contributed by atoms with van der Waals surface area (Å²) in [5, 5.41) is 1.09. The van der Waals surface area contributed by atoms with Crippen LogP contribution in [0.2, 0.25) is 0 Å². The maximum atomic E-state index is 5.14. The first kappa shape index (κ1) is 31.1. The molecule has 7 rings (SSSR count). The van der Waals surface area contributed by atoms with Gasteiger partial charge < -0.3 is 0 Å². The van der Waals surface area contributed by atoms with Gasteiger partial charge in [-0.25, -0.2) is 9.98 Å². The van der Waals surface area contributed by atoms with Gasteiger partial charge in [0.05, 0.1) is 16.9 Å². The highest BCUT2D eigenvalue weighted by atomic mass is 14.9. The van der Waals surface area contributed by atoms with Crippen LogP contribution in [-0.2, 0) is 0 Å². The molecule has 0 spiro atoms. The molecule has 0 radical (unpaired) electrons. The van der Waals surface area contributed by atoms with E-state index in [4.69, 9.17) is 20.0 Å². The Morgan fingerprint density at radius 3 is 2.40 bits per heavy atom. The van der Waals surface area contributed by atoms with Crippen LogP contribution in [-0.4, -0.2) is 22.2 Å². The summed E-state index contributed by atoms with van der Waals surface area (Å²) in [5.41, 5.74) is 13.6. The van der Waals surface area contributed by atoms with Crippen molar-refractivity contribution in [3.63, 3.8) is 0 Å². The first-order chi connectivity index (χ1) is 23.6. The minimum Gasteiger partial charge on any atom is -0.255 e. The van der Waals surface area contributed by atoms with Gasteiger partial charge in [0.2, 0.25) is 0 Å². The molecular weight excluding hydrogens is 585 g/mol. The summed E-state index contributed by atoms with van der Waals surface area (Å²) in [6.45, 7) is 8.61. The van der Waals surface area contributed by atoms with Crippen molar-refractivity contribution >= 4 is 50.7 Å². The molecule has 0 bridgehead atoms. The number of amidine groups is 1. The maximum absolute atomic E-state index is 5.14. The first-order valence-electron chi connectivity index (χ1n) is 17.0. The number of allylic oxidation sites excluding steroid dienone is 3. The molecule has 236 valence electrons. The van der Waals surface area contributed by atoms with E-state index in [1.54, 1.807) is 0 Å². The van der Waals surface area contributed by atoms with E-state index in [2.05, 4.69) is 105 Å². The molecule has 1 aliphatic heterocycles. The lowest BCUT2D eigenvalue weighted by Crippen LogP contribution is -2.05. The van der Waals surface area contributed by atoms with Gasteiger partial charge in [-0.05, 0) is 84.6 Å². The predicted molar refractivity (Wildman–Crippen MR) is 204 cm³/mol. The number of hydrogen-bond acceptors (Lipinski definition) is 3. The lowest BCUT2D eigenvalue weighted by atomic mass is 9.93. The summed E-state index contributed by atoms with van der Waals surface area (Å²) in [6, 6.07) is 35.9. The van der Waals surface area contributed by atoms with Crippen LogP contribution in [0.15, 0.2) is 143 Å². The molecular formula is C44H40N4. The Morgan fingerprint density at radius 2 is 1.60 bits per heavy atom. The van der Waals surface area contributed by atoms with Crippen molar-refractivity contribution in [2.24, 2.45) is 15.0 Å². The zero-order chi connectivity index (χ0) is 32.9. The summed E-state index contributed by atoms with van der Waals surface area (Å²) < 4.78 is 0.